The molecule has 3 nitrogen and oxygen atoms in total. The Hall–Kier alpha value is -1.10. The van der Waals surface area contributed by atoms with Crippen molar-refractivity contribution >= 4 is 27.1 Å². The van der Waals surface area contributed by atoms with Crippen molar-refractivity contribution in [2.45, 2.75) is 0 Å². The van der Waals surface area contributed by atoms with Crippen LogP contribution in [0.25, 0.3) is 10.1 Å². The summed E-state index contributed by atoms with van der Waals surface area (Å²) in [6.45, 7) is 6.25. The number of nitrogens with two attached hydrogens (primary N) is 1. The second-order valence-electron chi connectivity index (χ2n) is 4.73. The lowest BCUT2D eigenvalue weighted by Crippen LogP contribution is -2.47. The fourth-order valence-electron chi connectivity index (χ4n) is 2.65. The maximum absolute atomic E-state index is 5.61. The first-order chi connectivity index (χ1) is 8.88. The van der Waals surface area contributed by atoms with Gasteiger partial charge >= 0.3 is 0 Å². The Morgan fingerprint density at radius 3 is 2.72 bits per heavy atom. The van der Waals surface area contributed by atoms with Crippen molar-refractivity contribution in [1.82, 2.24) is 4.90 Å². The summed E-state index contributed by atoms with van der Waals surface area (Å²) in [5.74, 6) is 0. The Morgan fingerprint density at radius 1 is 1.11 bits per heavy atom. The maximum Gasteiger partial charge on any atom is 0.0455 e. The lowest BCUT2D eigenvalue weighted by atomic mass is 10.2. The molecule has 0 spiro atoms. The predicted molar refractivity (Wildman–Crippen MR) is 79.5 cm³/mol. The second-order valence-corrected chi connectivity index (χ2v) is 5.67. The highest BCUT2D eigenvalue weighted by Gasteiger charge is 2.17. The largest absolute Gasteiger partial charge is 0.368 e. The molecule has 1 aliphatic heterocycles. The Labute approximate surface area is 112 Å². The zero-order valence-corrected chi connectivity index (χ0v) is 11.3. The molecule has 0 amide bonds. The molecule has 0 aliphatic carbocycles. The number of rotatable bonds is 3. The van der Waals surface area contributed by atoms with Crippen LogP contribution < -0.4 is 10.6 Å². The van der Waals surface area contributed by atoms with Gasteiger partial charge in [-0.15, -0.1) is 11.3 Å². The van der Waals surface area contributed by atoms with E-state index in [1.807, 2.05) is 11.3 Å². The third-order valence-electron chi connectivity index (χ3n) is 3.63. The van der Waals surface area contributed by atoms with Gasteiger partial charge in [-0.2, -0.15) is 0 Å². The van der Waals surface area contributed by atoms with E-state index in [1.54, 1.807) is 0 Å². The lowest BCUT2D eigenvalue weighted by Gasteiger charge is -2.36. The quantitative estimate of drug-likeness (QED) is 0.917. The summed E-state index contributed by atoms with van der Waals surface area (Å²) < 4.78 is 1.39. The molecule has 2 aromatic rings. The van der Waals surface area contributed by atoms with Crippen molar-refractivity contribution in [2.24, 2.45) is 5.73 Å². The number of hydrogen-bond acceptors (Lipinski definition) is 4. The number of fused-ring (bicyclic) bond motifs is 1. The average molecular weight is 261 g/mol. The molecule has 1 aromatic heterocycles. The first kappa shape index (κ1) is 12.0. The van der Waals surface area contributed by atoms with Crippen LogP contribution in [-0.2, 0) is 0 Å². The van der Waals surface area contributed by atoms with Gasteiger partial charge in [0, 0.05) is 55.0 Å². The van der Waals surface area contributed by atoms with Crippen LogP contribution in [0.3, 0.4) is 0 Å². The van der Waals surface area contributed by atoms with Gasteiger partial charge in [0.15, 0.2) is 0 Å². The highest BCUT2D eigenvalue weighted by atomic mass is 32.1. The summed E-state index contributed by atoms with van der Waals surface area (Å²) in [5.41, 5.74) is 7.00. The van der Waals surface area contributed by atoms with Gasteiger partial charge in [0.25, 0.3) is 0 Å². The van der Waals surface area contributed by atoms with E-state index in [9.17, 15) is 0 Å². The van der Waals surface area contributed by atoms with Gasteiger partial charge in [0.05, 0.1) is 0 Å². The van der Waals surface area contributed by atoms with Crippen LogP contribution in [0.2, 0.25) is 0 Å². The van der Waals surface area contributed by atoms with Gasteiger partial charge in [-0.3, -0.25) is 4.90 Å². The summed E-state index contributed by atoms with van der Waals surface area (Å²) in [6, 6.07) is 8.85. The zero-order valence-electron chi connectivity index (χ0n) is 10.5. The van der Waals surface area contributed by atoms with E-state index >= 15 is 0 Å². The molecule has 2 N–H and O–H groups in total. The molecule has 1 saturated heterocycles. The van der Waals surface area contributed by atoms with Gasteiger partial charge in [-0.25, -0.2) is 0 Å². The molecule has 0 saturated carbocycles. The smallest absolute Gasteiger partial charge is 0.0455 e. The molecule has 0 unspecified atom stereocenters. The molecule has 0 radical (unpaired) electrons. The number of piperazine rings is 1. The van der Waals surface area contributed by atoms with E-state index in [-0.39, 0.29) is 0 Å². The first-order valence-electron chi connectivity index (χ1n) is 6.52. The number of thiophene rings is 1. The molecule has 2 heterocycles. The molecule has 3 rings (SSSR count). The minimum Gasteiger partial charge on any atom is -0.368 e. The van der Waals surface area contributed by atoms with Crippen LogP contribution in [0.4, 0.5) is 5.69 Å². The van der Waals surface area contributed by atoms with Gasteiger partial charge in [0.1, 0.15) is 0 Å². The number of benzene rings is 1. The molecule has 4 heteroatoms. The van der Waals surface area contributed by atoms with Crippen molar-refractivity contribution in [3.63, 3.8) is 0 Å². The standard InChI is InChI=1S/C14H19N3S/c15-5-6-16-7-9-17(10-8-16)13-2-1-3-14-12(13)4-11-18-14/h1-4,11H,5-10,15H2. The molecule has 96 valence electrons. The molecular weight excluding hydrogens is 242 g/mol. The number of anilines is 1. The third kappa shape index (κ3) is 2.23. The van der Waals surface area contributed by atoms with Gasteiger partial charge < -0.3 is 10.6 Å². The van der Waals surface area contributed by atoms with Crippen LogP contribution in [0.15, 0.2) is 29.6 Å². The van der Waals surface area contributed by atoms with E-state index in [0.29, 0.717) is 0 Å². The van der Waals surface area contributed by atoms with Crippen LogP contribution in [0.5, 0.6) is 0 Å². The van der Waals surface area contributed by atoms with Crippen molar-refractivity contribution < 1.29 is 0 Å². The molecule has 18 heavy (non-hydrogen) atoms. The average Bonchev–Trinajstić information content (AvgIpc) is 2.88. The fraction of sp³-hybridized carbons (Fsp3) is 0.429. The summed E-state index contributed by atoms with van der Waals surface area (Å²) in [5, 5.41) is 3.58. The maximum atomic E-state index is 5.61. The molecular formula is C14H19N3S. The molecule has 0 atom stereocenters. The molecule has 0 bridgehead atoms. The van der Waals surface area contributed by atoms with Crippen molar-refractivity contribution in [3.8, 4) is 0 Å². The predicted octanol–water partition coefficient (Wildman–Crippen LogP) is 1.98. The molecule has 1 aliphatic rings. The first-order valence-corrected chi connectivity index (χ1v) is 7.40. The minimum absolute atomic E-state index is 0.764. The highest BCUT2D eigenvalue weighted by Crippen LogP contribution is 2.30. The summed E-state index contributed by atoms with van der Waals surface area (Å²) in [7, 11) is 0. The summed E-state index contributed by atoms with van der Waals surface area (Å²) in [4.78, 5) is 4.95. The molecule has 1 fully saturated rings. The van der Waals surface area contributed by atoms with Crippen molar-refractivity contribution in [1.29, 1.82) is 0 Å². The summed E-state index contributed by atoms with van der Waals surface area (Å²) in [6.07, 6.45) is 0. The van der Waals surface area contributed by atoms with Crippen LogP contribution >= 0.6 is 11.3 Å². The van der Waals surface area contributed by atoms with E-state index in [2.05, 4.69) is 39.4 Å². The lowest BCUT2D eigenvalue weighted by molar-refractivity contribution is 0.265. The van der Waals surface area contributed by atoms with Gasteiger partial charge in [-0.1, -0.05) is 6.07 Å². The van der Waals surface area contributed by atoms with Crippen LogP contribution in [0, 0.1) is 0 Å². The Kier molecular flexibility index (Phi) is 3.50. The fourth-order valence-corrected chi connectivity index (χ4v) is 3.46. The normalized spacial score (nSPS) is 17.5. The minimum atomic E-state index is 0.764. The van der Waals surface area contributed by atoms with Gasteiger partial charge in [-0.05, 0) is 23.6 Å². The Morgan fingerprint density at radius 2 is 1.94 bits per heavy atom. The van der Waals surface area contributed by atoms with E-state index in [0.717, 1.165) is 39.3 Å². The zero-order chi connectivity index (χ0) is 12.4. The second kappa shape index (κ2) is 5.26. The third-order valence-corrected chi connectivity index (χ3v) is 4.51. The van der Waals surface area contributed by atoms with E-state index < -0.39 is 0 Å². The Bertz CT molecular complexity index is 514. The van der Waals surface area contributed by atoms with Crippen molar-refractivity contribution in [3.05, 3.63) is 29.6 Å². The Balaban J connectivity index is 1.78. The van der Waals surface area contributed by atoms with Crippen LogP contribution in [-0.4, -0.2) is 44.2 Å². The molecule has 1 aromatic carbocycles. The summed E-state index contributed by atoms with van der Waals surface area (Å²) >= 11 is 1.82. The topological polar surface area (TPSA) is 32.5 Å². The number of hydrogen-bond donors (Lipinski definition) is 1. The monoisotopic (exact) mass is 261 g/mol. The number of nitrogens with zero attached hydrogens (tertiary/aromatic N) is 2. The van der Waals surface area contributed by atoms with E-state index in [4.69, 9.17) is 5.73 Å². The van der Waals surface area contributed by atoms with Crippen molar-refractivity contribution in [2.75, 3.05) is 44.2 Å². The van der Waals surface area contributed by atoms with Gasteiger partial charge in [0.2, 0.25) is 0 Å². The van der Waals surface area contributed by atoms with Crippen LogP contribution in [0.1, 0.15) is 0 Å². The SMILES string of the molecule is NCCN1CCN(c2cccc3sccc23)CC1. The van der Waals surface area contributed by atoms with E-state index in [1.165, 1.54) is 15.8 Å². The highest BCUT2D eigenvalue weighted by molar-refractivity contribution is 7.17.